The van der Waals surface area contributed by atoms with Crippen molar-refractivity contribution in [2.75, 3.05) is 0 Å². The SMILES string of the molecule is N#Cc1cnc(Oc2cc(Br)ccc2F)cn1. The summed E-state index contributed by atoms with van der Waals surface area (Å²) in [7, 11) is 0. The average molecular weight is 294 g/mol. The monoisotopic (exact) mass is 293 g/mol. The molecule has 0 unspecified atom stereocenters. The molecule has 0 aliphatic heterocycles. The van der Waals surface area contributed by atoms with E-state index >= 15 is 0 Å². The van der Waals surface area contributed by atoms with Crippen LogP contribution >= 0.6 is 15.9 Å². The molecule has 0 spiro atoms. The first-order valence-electron chi connectivity index (χ1n) is 4.54. The highest BCUT2D eigenvalue weighted by atomic mass is 79.9. The summed E-state index contributed by atoms with van der Waals surface area (Å²) in [6.07, 6.45) is 2.52. The topological polar surface area (TPSA) is 58.8 Å². The number of benzene rings is 1. The minimum atomic E-state index is -0.501. The number of hydrogen-bond donors (Lipinski definition) is 0. The quantitative estimate of drug-likeness (QED) is 0.854. The summed E-state index contributed by atoms with van der Waals surface area (Å²) >= 11 is 3.21. The van der Waals surface area contributed by atoms with Crippen molar-refractivity contribution in [2.24, 2.45) is 0 Å². The molecule has 17 heavy (non-hydrogen) atoms. The standard InChI is InChI=1S/C11H5BrFN3O/c12-7-1-2-9(13)10(3-7)17-11-6-15-8(4-14)5-16-11/h1-3,5-6H. The van der Waals surface area contributed by atoms with Crippen molar-refractivity contribution in [3.05, 3.63) is 46.6 Å². The Morgan fingerprint density at radius 2 is 2.12 bits per heavy atom. The van der Waals surface area contributed by atoms with Crippen LogP contribution in [0.1, 0.15) is 5.69 Å². The number of ether oxygens (including phenoxy) is 1. The van der Waals surface area contributed by atoms with Gasteiger partial charge in [0, 0.05) is 4.47 Å². The fourth-order valence-electron chi connectivity index (χ4n) is 1.09. The van der Waals surface area contributed by atoms with E-state index in [2.05, 4.69) is 25.9 Å². The van der Waals surface area contributed by atoms with Crippen LogP contribution in [-0.4, -0.2) is 9.97 Å². The van der Waals surface area contributed by atoms with Crippen LogP contribution in [0.25, 0.3) is 0 Å². The largest absolute Gasteiger partial charge is 0.434 e. The molecule has 0 N–H and O–H groups in total. The van der Waals surface area contributed by atoms with Gasteiger partial charge in [-0.25, -0.2) is 14.4 Å². The van der Waals surface area contributed by atoms with Gasteiger partial charge in [-0.3, -0.25) is 0 Å². The molecule has 1 aromatic heterocycles. The molecule has 0 amide bonds. The Morgan fingerprint density at radius 1 is 1.29 bits per heavy atom. The van der Waals surface area contributed by atoms with E-state index in [4.69, 9.17) is 10.00 Å². The van der Waals surface area contributed by atoms with Crippen LogP contribution in [0.15, 0.2) is 35.1 Å². The second-order valence-electron chi connectivity index (χ2n) is 3.03. The average Bonchev–Trinajstić information content (AvgIpc) is 2.35. The second kappa shape index (κ2) is 4.89. The minimum absolute atomic E-state index is 0.0402. The molecule has 0 atom stereocenters. The molecule has 0 bridgehead atoms. The zero-order valence-electron chi connectivity index (χ0n) is 8.39. The van der Waals surface area contributed by atoms with Gasteiger partial charge in [-0.05, 0) is 18.2 Å². The highest BCUT2D eigenvalue weighted by Gasteiger charge is 2.06. The van der Waals surface area contributed by atoms with E-state index in [1.807, 2.05) is 6.07 Å². The van der Waals surface area contributed by atoms with Crippen LogP contribution < -0.4 is 4.74 Å². The van der Waals surface area contributed by atoms with Crippen LogP contribution in [0, 0.1) is 17.1 Å². The Balaban J connectivity index is 2.25. The van der Waals surface area contributed by atoms with Crippen LogP contribution in [0.5, 0.6) is 11.6 Å². The predicted molar refractivity (Wildman–Crippen MR) is 60.9 cm³/mol. The van der Waals surface area contributed by atoms with Gasteiger partial charge in [0.2, 0.25) is 5.88 Å². The van der Waals surface area contributed by atoms with E-state index in [-0.39, 0.29) is 17.3 Å². The maximum absolute atomic E-state index is 13.4. The molecule has 0 aliphatic rings. The first-order valence-corrected chi connectivity index (χ1v) is 5.33. The molecule has 1 heterocycles. The number of aromatic nitrogens is 2. The van der Waals surface area contributed by atoms with E-state index in [9.17, 15) is 4.39 Å². The van der Waals surface area contributed by atoms with E-state index in [1.54, 1.807) is 6.07 Å². The lowest BCUT2D eigenvalue weighted by molar-refractivity contribution is 0.425. The van der Waals surface area contributed by atoms with Crippen LogP contribution in [0.2, 0.25) is 0 Å². The van der Waals surface area contributed by atoms with Gasteiger partial charge in [-0.2, -0.15) is 5.26 Å². The van der Waals surface area contributed by atoms with Gasteiger partial charge in [-0.1, -0.05) is 15.9 Å². The van der Waals surface area contributed by atoms with Gasteiger partial charge in [0.25, 0.3) is 0 Å². The molecule has 0 fully saturated rings. The fraction of sp³-hybridized carbons (Fsp3) is 0. The van der Waals surface area contributed by atoms with Crippen molar-refractivity contribution in [1.82, 2.24) is 9.97 Å². The van der Waals surface area contributed by atoms with E-state index in [1.165, 1.54) is 24.5 Å². The highest BCUT2D eigenvalue weighted by Crippen LogP contribution is 2.25. The van der Waals surface area contributed by atoms with E-state index in [0.717, 1.165) is 0 Å². The van der Waals surface area contributed by atoms with Crippen LogP contribution in [-0.2, 0) is 0 Å². The zero-order chi connectivity index (χ0) is 12.3. The third kappa shape index (κ3) is 2.77. The number of hydrogen-bond acceptors (Lipinski definition) is 4. The Hall–Kier alpha value is -2.00. The van der Waals surface area contributed by atoms with Gasteiger partial charge < -0.3 is 4.74 Å². The normalized spacial score (nSPS) is 9.71. The highest BCUT2D eigenvalue weighted by molar-refractivity contribution is 9.10. The molecule has 6 heteroatoms. The smallest absolute Gasteiger partial charge is 0.238 e. The van der Waals surface area contributed by atoms with Gasteiger partial charge in [0.15, 0.2) is 17.3 Å². The fourth-order valence-corrected chi connectivity index (χ4v) is 1.43. The first-order chi connectivity index (χ1) is 8.19. The summed E-state index contributed by atoms with van der Waals surface area (Å²) in [5, 5.41) is 8.54. The van der Waals surface area contributed by atoms with Crippen molar-refractivity contribution in [1.29, 1.82) is 5.26 Å². The number of nitrogens with zero attached hydrogens (tertiary/aromatic N) is 3. The van der Waals surface area contributed by atoms with Crippen LogP contribution in [0.3, 0.4) is 0 Å². The molecule has 0 saturated heterocycles. The minimum Gasteiger partial charge on any atom is -0.434 e. The molecule has 84 valence electrons. The first kappa shape index (κ1) is 11.5. The molecule has 0 radical (unpaired) electrons. The van der Waals surface area contributed by atoms with Crippen molar-refractivity contribution in [3.8, 4) is 17.7 Å². The van der Waals surface area contributed by atoms with Gasteiger partial charge in [0.1, 0.15) is 6.07 Å². The molecule has 2 rings (SSSR count). The van der Waals surface area contributed by atoms with E-state index < -0.39 is 5.82 Å². The lowest BCUT2D eigenvalue weighted by Crippen LogP contribution is -1.93. The van der Waals surface area contributed by atoms with Crippen molar-refractivity contribution >= 4 is 15.9 Å². The van der Waals surface area contributed by atoms with E-state index in [0.29, 0.717) is 4.47 Å². The van der Waals surface area contributed by atoms with Crippen molar-refractivity contribution in [3.63, 3.8) is 0 Å². The maximum atomic E-state index is 13.4. The maximum Gasteiger partial charge on any atom is 0.238 e. The number of rotatable bonds is 2. The third-order valence-electron chi connectivity index (χ3n) is 1.85. The second-order valence-corrected chi connectivity index (χ2v) is 3.94. The molecule has 2 aromatic rings. The Bertz CT molecular complexity index is 580. The Labute approximate surface area is 105 Å². The summed E-state index contributed by atoms with van der Waals surface area (Å²) in [5.74, 6) is -0.334. The zero-order valence-corrected chi connectivity index (χ0v) is 9.98. The van der Waals surface area contributed by atoms with Crippen LogP contribution in [0.4, 0.5) is 4.39 Å². The summed E-state index contributed by atoms with van der Waals surface area (Å²) in [6.45, 7) is 0. The molecule has 1 aromatic carbocycles. The van der Waals surface area contributed by atoms with Crippen molar-refractivity contribution in [2.45, 2.75) is 0 Å². The Kier molecular flexibility index (Phi) is 3.30. The number of nitriles is 1. The van der Waals surface area contributed by atoms with Crippen molar-refractivity contribution < 1.29 is 9.13 Å². The van der Waals surface area contributed by atoms with Gasteiger partial charge >= 0.3 is 0 Å². The molecule has 4 nitrogen and oxygen atoms in total. The number of halogens is 2. The molecule has 0 saturated carbocycles. The summed E-state index contributed by atoms with van der Waals surface area (Å²) < 4.78 is 19.2. The lowest BCUT2D eigenvalue weighted by Gasteiger charge is -2.05. The predicted octanol–water partition coefficient (Wildman–Crippen LogP) is 3.04. The van der Waals surface area contributed by atoms with Gasteiger partial charge in [0.05, 0.1) is 12.4 Å². The molecular weight excluding hydrogens is 289 g/mol. The third-order valence-corrected chi connectivity index (χ3v) is 2.34. The molecular formula is C11H5BrFN3O. The summed E-state index contributed by atoms with van der Waals surface area (Å²) in [5.41, 5.74) is 0.173. The summed E-state index contributed by atoms with van der Waals surface area (Å²) in [6, 6.07) is 6.15. The van der Waals surface area contributed by atoms with Gasteiger partial charge in [-0.15, -0.1) is 0 Å². The Morgan fingerprint density at radius 3 is 2.76 bits per heavy atom. The molecule has 0 aliphatic carbocycles. The summed E-state index contributed by atoms with van der Waals surface area (Å²) in [4.78, 5) is 7.59. The lowest BCUT2D eigenvalue weighted by atomic mass is 10.3.